The van der Waals surface area contributed by atoms with Gasteiger partial charge >= 0.3 is 6.80 Å². The van der Waals surface area contributed by atoms with Gasteiger partial charge in [-0.05, 0) is 53.9 Å². The minimum Gasteiger partial charge on any atom is -0.508 e. The molecule has 0 aromatic heterocycles. The van der Waals surface area contributed by atoms with Crippen molar-refractivity contribution in [3.63, 3.8) is 0 Å². The van der Waals surface area contributed by atoms with E-state index in [0.717, 1.165) is 11.6 Å². The predicted molar refractivity (Wildman–Crippen MR) is 92.5 cm³/mol. The number of phenols is 3. The molecule has 0 aliphatic carbocycles. The molecular weight excluding hydrogens is 351 g/mol. The number of hydrogen-bond donors (Lipinski definition) is 5. The quantitative estimate of drug-likeness (QED) is 0.492. The van der Waals surface area contributed by atoms with Crippen molar-refractivity contribution in [3.8, 4) is 17.2 Å². The third-order valence-corrected chi connectivity index (χ3v) is 5.78. The van der Waals surface area contributed by atoms with E-state index in [1.54, 1.807) is 12.1 Å². The van der Waals surface area contributed by atoms with E-state index in [4.69, 9.17) is 9.79 Å². The fourth-order valence-corrected chi connectivity index (χ4v) is 4.41. The van der Waals surface area contributed by atoms with Crippen LogP contribution in [0, 0.1) is 0 Å². The van der Waals surface area contributed by atoms with Crippen molar-refractivity contribution in [2.45, 2.75) is 30.6 Å². The van der Waals surface area contributed by atoms with Gasteiger partial charge in [0.2, 0.25) is 0 Å². The van der Waals surface area contributed by atoms with Gasteiger partial charge in [0.15, 0.2) is 0 Å². The molecular formula is C16H19O6PS. The molecule has 0 spiro atoms. The summed E-state index contributed by atoms with van der Waals surface area (Å²) in [5, 5.41) is 28.9. The fraction of sp³-hybridized carbons (Fsp3) is 0.250. The highest BCUT2D eigenvalue weighted by Gasteiger charge is 2.21. The maximum atomic E-state index is 11.2. The van der Waals surface area contributed by atoms with Crippen molar-refractivity contribution >= 4 is 18.2 Å². The van der Waals surface area contributed by atoms with Crippen molar-refractivity contribution in [2.75, 3.05) is 0 Å². The molecule has 0 saturated heterocycles. The van der Waals surface area contributed by atoms with E-state index in [-0.39, 0.29) is 28.1 Å². The lowest BCUT2D eigenvalue weighted by molar-refractivity contribution is 0.397. The van der Waals surface area contributed by atoms with E-state index in [0.29, 0.717) is 29.8 Å². The first-order chi connectivity index (χ1) is 11.2. The summed E-state index contributed by atoms with van der Waals surface area (Å²) in [7, 11) is 0. The molecule has 0 aliphatic rings. The van der Waals surface area contributed by atoms with Gasteiger partial charge in [0.1, 0.15) is 17.2 Å². The minimum atomic E-state index is -4.40. The molecule has 130 valence electrons. The Balaban J connectivity index is 2.19. The molecule has 1 unspecified atom stereocenters. The van der Waals surface area contributed by atoms with Gasteiger partial charge in [-0.3, -0.25) is 0 Å². The first-order valence-corrected chi connectivity index (χ1v) is 10.3. The minimum absolute atomic E-state index is 0.117. The molecule has 5 N–H and O–H groups in total. The molecule has 0 saturated carbocycles. The zero-order valence-corrected chi connectivity index (χ0v) is 14.7. The molecule has 2 aromatic rings. The van der Waals surface area contributed by atoms with E-state index in [9.17, 15) is 19.9 Å². The summed E-state index contributed by atoms with van der Waals surface area (Å²) >= 11 is 0.319. The van der Waals surface area contributed by atoms with Gasteiger partial charge in [-0.1, -0.05) is 19.1 Å². The third-order valence-electron chi connectivity index (χ3n) is 3.68. The lowest BCUT2D eigenvalue weighted by atomic mass is 9.93. The van der Waals surface area contributed by atoms with Crippen LogP contribution < -0.4 is 0 Å². The average Bonchev–Trinajstić information content (AvgIpc) is 2.45. The van der Waals surface area contributed by atoms with Crippen LogP contribution in [0.3, 0.4) is 0 Å². The second-order valence-corrected chi connectivity index (χ2v) is 9.13. The molecule has 0 amide bonds. The van der Waals surface area contributed by atoms with Crippen molar-refractivity contribution in [1.82, 2.24) is 0 Å². The third kappa shape index (κ3) is 5.18. The summed E-state index contributed by atoms with van der Waals surface area (Å²) < 4.78 is 11.2. The molecule has 24 heavy (non-hydrogen) atoms. The van der Waals surface area contributed by atoms with Crippen LogP contribution in [0.25, 0.3) is 0 Å². The van der Waals surface area contributed by atoms with Gasteiger partial charge in [0, 0.05) is 16.5 Å². The summed E-state index contributed by atoms with van der Waals surface area (Å²) in [5.41, 5.74) is 1.40. The van der Waals surface area contributed by atoms with Crippen LogP contribution in [-0.2, 0) is 11.0 Å². The molecule has 0 heterocycles. The highest BCUT2D eigenvalue weighted by atomic mass is 32.7. The number of rotatable bonds is 6. The number of benzene rings is 2. The van der Waals surface area contributed by atoms with Crippen LogP contribution in [0.15, 0.2) is 41.3 Å². The summed E-state index contributed by atoms with van der Waals surface area (Å²) in [6, 6.07) is 9.20. The molecule has 0 bridgehead atoms. The smallest absolute Gasteiger partial charge is 0.388 e. The van der Waals surface area contributed by atoms with Gasteiger partial charge in [0.05, 0.1) is 0 Å². The molecule has 0 radical (unpaired) electrons. The number of aromatic hydroxyl groups is 3. The number of phenolic OH excluding ortho intramolecular Hbond substituents is 3. The summed E-state index contributed by atoms with van der Waals surface area (Å²) in [6.45, 7) is -2.41. The zero-order valence-electron chi connectivity index (χ0n) is 13.0. The molecule has 6 nitrogen and oxygen atoms in total. The van der Waals surface area contributed by atoms with E-state index in [1.165, 1.54) is 6.07 Å². The van der Waals surface area contributed by atoms with Gasteiger partial charge in [-0.2, -0.15) is 0 Å². The van der Waals surface area contributed by atoms with E-state index in [1.807, 2.05) is 19.1 Å². The van der Waals surface area contributed by atoms with Crippen LogP contribution in [0.1, 0.15) is 30.4 Å². The lowest BCUT2D eigenvalue weighted by Gasteiger charge is -2.16. The van der Waals surface area contributed by atoms with Crippen molar-refractivity contribution in [3.05, 3.63) is 47.5 Å². The second kappa shape index (κ2) is 7.49. The summed E-state index contributed by atoms with van der Waals surface area (Å²) in [4.78, 5) is 18.5. The van der Waals surface area contributed by atoms with Gasteiger partial charge in [-0.15, -0.1) is 0 Å². The van der Waals surface area contributed by atoms with Gasteiger partial charge in [0.25, 0.3) is 0 Å². The normalized spacial score (nSPS) is 13.0. The standard InChI is InChI=1S/C16H19O6PS/c1-10(11-3-5-12(17)6-4-11)2-7-14-15(19)8-13(18)9-16(14)24-23(20,21)22/h3-6,8-10,17-19H,2,7H2,1H3,(H2,20,21,22). The Morgan fingerprint density at radius 2 is 1.67 bits per heavy atom. The first-order valence-electron chi connectivity index (χ1n) is 7.24. The Morgan fingerprint density at radius 3 is 2.25 bits per heavy atom. The molecule has 0 aliphatic heterocycles. The van der Waals surface area contributed by atoms with Crippen molar-refractivity contribution < 1.29 is 29.7 Å². The van der Waals surface area contributed by atoms with E-state index >= 15 is 0 Å². The molecule has 8 heteroatoms. The van der Waals surface area contributed by atoms with Crippen LogP contribution >= 0.6 is 18.2 Å². The summed E-state index contributed by atoms with van der Waals surface area (Å²) in [5.74, 6) is -0.142. The van der Waals surface area contributed by atoms with E-state index < -0.39 is 6.80 Å². The largest absolute Gasteiger partial charge is 0.508 e. The topological polar surface area (TPSA) is 118 Å². The highest BCUT2D eigenvalue weighted by Crippen LogP contribution is 2.56. The fourth-order valence-electron chi connectivity index (χ4n) is 2.41. The van der Waals surface area contributed by atoms with Gasteiger partial charge < -0.3 is 25.1 Å². The van der Waals surface area contributed by atoms with Crippen LogP contribution in [0.5, 0.6) is 17.2 Å². The monoisotopic (exact) mass is 370 g/mol. The predicted octanol–water partition coefficient (Wildman–Crippen LogP) is 3.72. The van der Waals surface area contributed by atoms with Crippen LogP contribution in [0.2, 0.25) is 0 Å². The second-order valence-electron chi connectivity index (χ2n) is 5.55. The van der Waals surface area contributed by atoms with Crippen molar-refractivity contribution in [2.24, 2.45) is 0 Å². The van der Waals surface area contributed by atoms with E-state index in [2.05, 4.69) is 0 Å². The Morgan fingerprint density at radius 1 is 1.04 bits per heavy atom. The van der Waals surface area contributed by atoms with Crippen molar-refractivity contribution in [1.29, 1.82) is 0 Å². The average molecular weight is 370 g/mol. The lowest BCUT2D eigenvalue weighted by Crippen LogP contribution is -1.98. The van der Waals surface area contributed by atoms with Crippen LogP contribution in [-0.4, -0.2) is 25.1 Å². The Bertz CT molecular complexity index is 756. The SMILES string of the molecule is CC(CCc1c(O)cc(O)cc1SP(=O)(O)O)c1ccc(O)cc1. The highest BCUT2D eigenvalue weighted by molar-refractivity contribution is 8.54. The molecule has 2 rings (SSSR count). The maximum Gasteiger partial charge on any atom is 0.388 e. The Kier molecular flexibility index (Phi) is 5.83. The molecule has 0 fully saturated rings. The zero-order chi connectivity index (χ0) is 17.9. The Labute approximate surface area is 143 Å². The Hall–Kier alpha value is -1.66. The van der Waals surface area contributed by atoms with Gasteiger partial charge in [-0.25, -0.2) is 4.57 Å². The maximum absolute atomic E-state index is 11.2. The van der Waals surface area contributed by atoms with Crippen LogP contribution in [0.4, 0.5) is 0 Å². The summed E-state index contributed by atoms with van der Waals surface area (Å²) in [6.07, 6.45) is 1.01. The first kappa shape index (κ1) is 18.7. The number of hydrogen-bond acceptors (Lipinski definition) is 5. The molecule has 2 aromatic carbocycles. The molecule has 1 atom stereocenters.